The van der Waals surface area contributed by atoms with Gasteiger partial charge in [0.1, 0.15) is 0 Å². The molecule has 0 heterocycles. The van der Waals surface area contributed by atoms with Gasteiger partial charge >= 0.3 is 0 Å². The summed E-state index contributed by atoms with van der Waals surface area (Å²) in [5.74, 6) is 2.22. The van der Waals surface area contributed by atoms with Gasteiger partial charge in [0.05, 0.1) is 0 Å². The molecule has 2 aromatic rings. The molecule has 0 aliphatic rings. The van der Waals surface area contributed by atoms with Gasteiger partial charge in [-0.3, -0.25) is 0 Å². The predicted molar refractivity (Wildman–Crippen MR) is 83.5 cm³/mol. The molecule has 0 aliphatic heterocycles. The average Bonchev–Trinajstić information content (AvgIpc) is 2.40. The van der Waals surface area contributed by atoms with Crippen molar-refractivity contribution >= 4 is 29.2 Å². The predicted octanol–water partition coefficient (Wildman–Crippen LogP) is 4.46. The summed E-state index contributed by atoms with van der Waals surface area (Å²) in [7, 11) is 0. The number of hydrogen-bond acceptors (Lipinski definition) is 3. The lowest BCUT2D eigenvalue weighted by atomic mass is 10.2. The topological polar surface area (TPSA) is 26.0 Å². The van der Waals surface area contributed by atoms with E-state index < -0.39 is 0 Å². The van der Waals surface area contributed by atoms with Crippen LogP contribution in [0.2, 0.25) is 0 Å². The van der Waals surface area contributed by atoms with Crippen LogP contribution in [0.15, 0.2) is 58.3 Å². The molecule has 1 nitrogen and oxygen atoms in total. The van der Waals surface area contributed by atoms with Gasteiger partial charge < -0.3 is 5.73 Å². The zero-order valence-electron chi connectivity index (χ0n) is 10.4. The normalized spacial score (nSPS) is 10.5. The minimum Gasteiger partial charge on any atom is -0.398 e. The summed E-state index contributed by atoms with van der Waals surface area (Å²) in [5, 5.41) is 0. The summed E-state index contributed by atoms with van der Waals surface area (Å²) in [4.78, 5) is 2.63. The van der Waals surface area contributed by atoms with Crippen molar-refractivity contribution in [3.05, 3.63) is 54.1 Å². The number of nitrogen functional groups attached to an aromatic ring is 1. The van der Waals surface area contributed by atoms with Crippen molar-refractivity contribution in [1.82, 2.24) is 0 Å². The van der Waals surface area contributed by atoms with Gasteiger partial charge in [-0.15, -0.1) is 23.5 Å². The first-order chi connectivity index (χ1) is 8.77. The van der Waals surface area contributed by atoms with Crippen molar-refractivity contribution in [3.63, 3.8) is 0 Å². The molecule has 2 N–H and O–H groups in total. The average molecular weight is 275 g/mol. The monoisotopic (exact) mass is 275 g/mol. The van der Waals surface area contributed by atoms with Gasteiger partial charge in [-0.05, 0) is 36.8 Å². The number of thioether (sulfide) groups is 2. The highest BCUT2D eigenvalue weighted by molar-refractivity contribution is 8.03. The molecule has 0 aromatic heterocycles. The zero-order valence-corrected chi connectivity index (χ0v) is 12.1. The molecular formula is C15H17NS2. The molecule has 0 atom stereocenters. The molecule has 2 aromatic carbocycles. The first-order valence-corrected chi connectivity index (χ1v) is 7.90. The highest BCUT2D eigenvalue weighted by atomic mass is 32.2. The van der Waals surface area contributed by atoms with Gasteiger partial charge in [0.25, 0.3) is 0 Å². The highest BCUT2D eigenvalue weighted by Crippen LogP contribution is 2.27. The smallest absolute Gasteiger partial charge is 0.0354 e. The van der Waals surface area contributed by atoms with Crippen LogP contribution >= 0.6 is 23.5 Å². The fourth-order valence-electron chi connectivity index (χ4n) is 1.62. The lowest BCUT2D eigenvalue weighted by molar-refractivity contribution is 1.30. The molecule has 0 radical (unpaired) electrons. The van der Waals surface area contributed by atoms with Crippen molar-refractivity contribution in [1.29, 1.82) is 0 Å². The highest BCUT2D eigenvalue weighted by Gasteiger charge is 2.01. The Bertz CT molecular complexity index is 497. The molecule has 0 bridgehead atoms. The van der Waals surface area contributed by atoms with Gasteiger partial charge in [0, 0.05) is 27.0 Å². The van der Waals surface area contributed by atoms with E-state index in [2.05, 4.69) is 43.3 Å². The molecule has 18 heavy (non-hydrogen) atoms. The minimum absolute atomic E-state index is 0.885. The van der Waals surface area contributed by atoms with E-state index >= 15 is 0 Å². The molecule has 0 aliphatic carbocycles. The molecule has 0 fully saturated rings. The first-order valence-electron chi connectivity index (χ1n) is 5.93. The maximum absolute atomic E-state index is 5.90. The van der Waals surface area contributed by atoms with Crippen LogP contribution in [0.1, 0.15) is 5.56 Å². The summed E-state index contributed by atoms with van der Waals surface area (Å²) in [6.45, 7) is 2.09. The number of hydrogen-bond donors (Lipinski definition) is 1. The molecule has 94 valence electrons. The van der Waals surface area contributed by atoms with E-state index in [0.29, 0.717) is 0 Å². The number of nitrogens with two attached hydrogens (primary N) is 1. The Hall–Kier alpha value is -1.06. The summed E-state index contributed by atoms with van der Waals surface area (Å²) < 4.78 is 0. The molecule has 0 amide bonds. The summed E-state index contributed by atoms with van der Waals surface area (Å²) >= 11 is 3.78. The van der Waals surface area contributed by atoms with Crippen LogP contribution in [0, 0.1) is 6.92 Å². The van der Waals surface area contributed by atoms with E-state index in [0.717, 1.165) is 17.2 Å². The Morgan fingerprint density at radius 1 is 0.889 bits per heavy atom. The molecular weight excluding hydrogens is 258 g/mol. The van der Waals surface area contributed by atoms with Crippen LogP contribution in [0.25, 0.3) is 0 Å². The molecule has 0 saturated carbocycles. The summed E-state index contributed by atoms with van der Waals surface area (Å²) in [5.41, 5.74) is 7.98. The lowest BCUT2D eigenvalue weighted by Crippen LogP contribution is -1.92. The second-order valence-corrected chi connectivity index (χ2v) is 6.29. The Kier molecular flexibility index (Phi) is 5.02. The molecule has 2 rings (SSSR count). The second-order valence-electron chi connectivity index (χ2n) is 3.98. The molecule has 0 saturated heterocycles. The van der Waals surface area contributed by atoms with Crippen molar-refractivity contribution in [2.45, 2.75) is 16.7 Å². The maximum atomic E-state index is 5.90. The molecule has 0 spiro atoms. The van der Waals surface area contributed by atoms with Crippen LogP contribution in [0.3, 0.4) is 0 Å². The van der Waals surface area contributed by atoms with E-state index in [4.69, 9.17) is 5.73 Å². The number of rotatable bonds is 5. The van der Waals surface area contributed by atoms with Crippen LogP contribution in [-0.2, 0) is 0 Å². The number of anilines is 1. The Morgan fingerprint density at radius 2 is 1.61 bits per heavy atom. The van der Waals surface area contributed by atoms with Crippen LogP contribution in [0.5, 0.6) is 0 Å². The molecule has 3 heteroatoms. The maximum Gasteiger partial charge on any atom is 0.0354 e. The van der Waals surface area contributed by atoms with Gasteiger partial charge in [-0.2, -0.15) is 0 Å². The summed E-state index contributed by atoms with van der Waals surface area (Å²) in [6.07, 6.45) is 0. The van der Waals surface area contributed by atoms with Gasteiger partial charge in [-0.25, -0.2) is 0 Å². The van der Waals surface area contributed by atoms with Crippen molar-refractivity contribution in [3.8, 4) is 0 Å². The van der Waals surface area contributed by atoms with Crippen molar-refractivity contribution in [2.75, 3.05) is 17.2 Å². The van der Waals surface area contributed by atoms with E-state index in [1.54, 1.807) is 0 Å². The van der Waals surface area contributed by atoms with E-state index in [9.17, 15) is 0 Å². The SMILES string of the molecule is Cc1c(N)cccc1SCCSc1ccccc1. The van der Waals surface area contributed by atoms with Crippen LogP contribution in [-0.4, -0.2) is 11.5 Å². The van der Waals surface area contributed by atoms with Crippen LogP contribution in [0.4, 0.5) is 5.69 Å². The third-order valence-corrected chi connectivity index (χ3v) is 5.11. The fraction of sp³-hybridized carbons (Fsp3) is 0.200. The Balaban J connectivity index is 1.81. The van der Waals surface area contributed by atoms with Crippen molar-refractivity contribution in [2.24, 2.45) is 0 Å². The van der Waals surface area contributed by atoms with Gasteiger partial charge in [0.2, 0.25) is 0 Å². The standard InChI is InChI=1S/C15H17NS2/c1-12-14(16)8-5-9-15(12)18-11-10-17-13-6-3-2-4-7-13/h2-9H,10-11,16H2,1H3. The first kappa shape index (κ1) is 13.4. The van der Waals surface area contributed by atoms with E-state index in [1.165, 1.54) is 15.4 Å². The zero-order chi connectivity index (χ0) is 12.8. The van der Waals surface area contributed by atoms with Gasteiger partial charge in [-0.1, -0.05) is 24.3 Å². The van der Waals surface area contributed by atoms with Crippen LogP contribution < -0.4 is 5.73 Å². The fourth-order valence-corrected chi connectivity index (χ4v) is 3.60. The van der Waals surface area contributed by atoms with Gasteiger partial charge in [0.15, 0.2) is 0 Å². The Morgan fingerprint density at radius 3 is 2.39 bits per heavy atom. The third-order valence-electron chi connectivity index (χ3n) is 2.68. The minimum atomic E-state index is 0.885. The molecule has 0 unspecified atom stereocenters. The second kappa shape index (κ2) is 6.76. The largest absolute Gasteiger partial charge is 0.398 e. The lowest BCUT2D eigenvalue weighted by Gasteiger charge is -2.07. The summed E-state index contributed by atoms with van der Waals surface area (Å²) in [6, 6.07) is 16.6. The van der Waals surface area contributed by atoms with E-state index in [-0.39, 0.29) is 0 Å². The number of benzene rings is 2. The van der Waals surface area contributed by atoms with Crippen molar-refractivity contribution < 1.29 is 0 Å². The quantitative estimate of drug-likeness (QED) is 0.495. The Labute approximate surface area is 117 Å². The third kappa shape index (κ3) is 3.72. The van der Waals surface area contributed by atoms with E-state index in [1.807, 2.05) is 35.7 Å².